The lowest BCUT2D eigenvalue weighted by Crippen LogP contribution is -1.98. The molecule has 98 valence electrons. The summed E-state index contributed by atoms with van der Waals surface area (Å²) in [7, 11) is 0. The second-order valence-corrected chi connectivity index (χ2v) is 4.57. The van der Waals surface area contributed by atoms with Crippen LogP contribution in [0.4, 0.5) is 5.69 Å². The zero-order chi connectivity index (χ0) is 13.5. The third-order valence-electron chi connectivity index (χ3n) is 3.23. The fraction of sp³-hybridized carbons (Fsp3) is 0.222. The number of hydrogen-bond acceptors (Lipinski definition) is 1. The maximum absolute atomic E-state index is 3.49. The summed E-state index contributed by atoms with van der Waals surface area (Å²) in [6.45, 7) is 4.37. The van der Waals surface area contributed by atoms with E-state index in [2.05, 4.69) is 73.8 Å². The van der Waals surface area contributed by atoms with Gasteiger partial charge in [0.1, 0.15) is 0 Å². The van der Waals surface area contributed by atoms with Crippen molar-refractivity contribution in [1.82, 2.24) is 0 Å². The number of benzene rings is 2. The molecule has 0 bridgehead atoms. The van der Waals surface area contributed by atoms with E-state index in [4.69, 9.17) is 0 Å². The van der Waals surface area contributed by atoms with Gasteiger partial charge in [0.25, 0.3) is 0 Å². The lowest BCUT2D eigenvalue weighted by atomic mass is 10.0. The maximum Gasteiger partial charge on any atom is 0.0381 e. The Balaban J connectivity index is 2.23. The van der Waals surface area contributed by atoms with Gasteiger partial charge in [-0.05, 0) is 42.2 Å². The van der Waals surface area contributed by atoms with Crippen molar-refractivity contribution < 1.29 is 0 Å². The summed E-state index contributed by atoms with van der Waals surface area (Å²) >= 11 is 0. The van der Waals surface area contributed by atoms with Crippen LogP contribution in [-0.4, -0.2) is 0 Å². The van der Waals surface area contributed by atoms with Crippen molar-refractivity contribution >= 4 is 11.8 Å². The molecule has 0 aliphatic heterocycles. The summed E-state index contributed by atoms with van der Waals surface area (Å²) in [6, 6.07) is 18.9. The second kappa shape index (κ2) is 6.79. The Bertz CT molecular complexity index is 541. The van der Waals surface area contributed by atoms with E-state index in [0.717, 1.165) is 18.5 Å². The van der Waals surface area contributed by atoms with E-state index < -0.39 is 0 Å². The molecule has 2 rings (SSSR count). The van der Waals surface area contributed by atoms with Crippen LogP contribution in [-0.2, 0) is 6.42 Å². The Morgan fingerprint density at radius 1 is 0.947 bits per heavy atom. The molecule has 0 saturated carbocycles. The summed E-state index contributed by atoms with van der Waals surface area (Å²) < 4.78 is 0. The molecule has 0 aliphatic rings. The van der Waals surface area contributed by atoms with E-state index in [1.54, 1.807) is 0 Å². The topological polar surface area (TPSA) is 12.0 Å². The van der Waals surface area contributed by atoms with Crippen molar-refractivity contribution in [2.75, 3.05) is 5.32 Å². The van der Waals surface area contributed by atoms with E-state index in [1.165, 1.54) is 16.8 Å². The molecule has 1 heteroatoms. The van der Waals surface area contributed by atoms with Crippen LogP contribution in [0, 0.1) is 0 Å². The number of hydrogen-bond donors (Lipinski definition) is 1. The highest BCUT2D eigenvalue weighted by Crippen LogP contribution is 2.17. The normalized spacial score (nSPS) is 11.4. The molecule has 0 amide bonds. The number of rotatable bonds is 5. The molecular weight excluding hydrogens is 230 g/mol. The van der Waals surface area contributed by atoms with Crippen LogP contribution >= 0.6 is 0 Å². The standard InChI is InChI=1S/C18H21N/c1-3-15-10-8-9-11-16(15)14-17(4-2)19-18-12-6-5-7-13-18/h5-14,19H,3-4H2,1-2H3/b17-14+. The lowest BCUT2D eigenvalue weighted by molar-refractivity contribution is 1.10. The highest BCUT2D eigenvalue weighted by Gasteiger charge is 2.00. The molecule has 19 heavy (non-hydrogen) atoms. The zero-order valence-electron chi connectivity index (χ0n) is 11.7. The van der Waals surface area contributed by atoms with Crippen molar-refractivity contribution in [2.24, 2.45) is 0 Å². The van der Waals surface area contributed by atoms with Crippen LogP contribution in [0.2, 0.25) is 0 Å². The van der Waals surface area contributed by atoms with Crippen molar-refractivity contribution in [2.45, 2.75) is 26.7 Å². The van der Waals surface area contributed by atoms with Gasteiger partial charge >= 0.3 is 0 Å². The fourth-order valence-electron chi connectivity index (χ4n) is 2.12. The Morgan fingerprint density at radius 3 is 2.32 bits per heavy atom. The van der Waals surface area contributed by atoms with Gasteiger partial charge in [-0.15, -0.1) is 0 Å². The van der Waals surface area contributed by atoms with Crippen LogP contribution in [0.5, 0.6) is 0 Å². The Hall–Kier alpha value is -2.02. The van der Waals surface area contributed by atoms with E-state index in [1.807, 2.05) is 6.07 Å². The maximum atomic E-state index is 3.49. The Morgan fingerprint density at radius 2 is 1.63 bits per heavy atom. The van der Waals surface area contributed by atoms with Gasteiger partial charge in [-0.25, -0.2) is 0 Å². The first-order chi connectivity index (χ1) is 9.33. The molecule has 1 nitrogen and oxygen atoms in total. The van der Waals surface area contributed by atoms with Gasteiger partial charge < -0.3 is 5.32 Å². The van der Waals surface area contributed by atoms with Gasteiger partial charge in [-0.3, -0.25) is 0 Å². The first kappa shape index (κ1) is 13.4. The number of allylic oxidation sites excluding steroid dienone is 1. The van der Waals surface area contributed by atoms with Crippen LogP contribution in [0.25, 0.3) is 6.08 Å². The minimum atomic E-state index is 0.993. The zero-order valence-corrected chi connectivity index (χ0v) is 11.7. The van der Waals surface area contributed by atoms with E-state index in [9.17, 15) is 0 Å². The quantitative estimate of drug-likeness (QED) is 0.778. The summed E-state index contributed by atoms with van der Waals surface area (Å²) in [6.07, 6.45) is 4.31. The number of aryl methyl sites for hydroxylation is 1. The summed E-state index contributed by atoms with van der Waals surface area (Å²) in [5.74, 6) is 0. The summed E-state index contributed by atoms with van der Waals surface area (Å²) in [5.41, 5.74) is 5.09. The van der Waals surface area contributed by atoms with Crippen molar-refractivity contribution in [3.05, 3.63) is 71.4 Å². The second-order valence-electron chi connectivity index (χ2n) is 4.57. The Labute approximate surface area is 116 Å². The minimum Gasteiger partial charge on any atom is -0.359 e. The molecule has 0 heterocycles. The van der Waals surface area contributed by atoms with Gasteiger partial charge in [0.15, 0.2) is 0 Å². The highest BCUT2D eigenvalue weighted by atomic mass is 14.9. The minimum absolute atomic E-state index is 0.993. The van der Waals surface area contributed by atoms with Crippen LogP contribution in [0.15, 0.2) is 60.3 Å². The number of anilines is 1. The molecule has 2 aromatic carbocycles. The van der Waals surface area contributed by atoms with E-state index in [0.29, 0.717) is 0 Å². The average Bonchev–Trinajstić information content (AvgIpc) is 2.48. The molecule has 0 aromatic heterocycles. The fourth-order valence-corrected chi connectivity index (χ4v) is 2.12. The van der Waals surface area contributed by atoms with Gasteiger partial charge in [0, 0.05) is 11.4 Å². The van der Waals surface area contributed by atoms with Crippen LogP contribution in [0.1, 0.15) is 31.4 Å². The molecule has 0 saturated heterocycles. The molecular formula is C18H21N. The predicted octanol–water partition coefficient (Wildman–Crippen LogP) is 5.11. The van der Waals surface area contributed by atoms with Crippen molar-refractivity contribution in [1.29, 1.82) is 0 Å². The Kier molecular flexibility index (Phi) is 4.79. The van der Waals surface area contributed by atoms with Gasteiger partial charge in [0.2, 0.25) is 0 Å². The number of nitrogens with one attached hydrogen (secondary N) is 1. The smallest absolute Gasteiger partial charge is 0.0381 e. The predicted molar refractivity (Wildman–Crippen MR) is 84.2 cm³/mol. The van der Waals surface area contributed by atoms with Gasteiger partial charge in [-0.2, -0.15) is 0 Å². The monoisotopic (exact) mass is 251 g/mol. The molecule has 0 spiro atoms. The number of para-hydroxylation sites is 1. The molecule has 2 aromatic rings. The summed E-state index contributed by atoms with van der Waals surface area (Å²) in [5, 5.41) is 3.49. The molecule has 0 fully saturated rings. The molecule has 0 unspecified atom stereocenters. The third-order valence-corrected chi connectivity index (χ3v) is 3.23. The third kappa shape index (κ3) is 3.72. The SMILES string of the molecule is CC/C(=C\c1ccccc1CC)Nc1ccccc1. The van der Waals surface area contributed by atoms with Gasteiger partial charge in [0.05, 0.1) is 0 Å². The van der Waals surface area contributed by atoms with Gasteiger partial charge in [-0.1, -0.05) is 56.3 Å². The summed E-state index contributed by atoms with van der Waals surface area (Å²) in [4.78, 5) is 0. The molecule has 0 radical (unpaired) electrons. The van der Waals surface area contributed by atoms with Crippen molar-refractivity contribution in [3.8, 4) is 0 Å². The van der Waals surface area contributed by atoms with E-state index in [-0.39, 0.29) is 0 Å². The van der Waals surface area contributed by atoms with Crippen molar-refractivity contribution in [3.63, 3.8) is 0 Å². The average molecular weight is 251 g/mol. The highest BCUT2D eigenvalue weighted by molar-refractivity contribution is 5.61. The molecule has 0 aliphatic carbocycles. The van der Waals surface area contributed by atoms with Crippen LogP contribution in [0.3, 0.4) is 0 Å². The van der Waals surface area contributed by atoms with E-state index >= 15 is 0 Å². The van der Waals surface area contributed by atoms with Crippen LogP contribution < -0.4 is 5.32 Å². The lowest BCUT2D eigenvalue weighted by Gasteiger charge is -2.11. The molecule has 1 N–H and O–H groups in total. The first-order valence-corrected chi connectivity index (χ1v) is 6.94. The first-order valence-electron chi connectivity index (χ1n) is 6.94. The molecule has 0 atom stereocenters. The largest absolute Gasteiger partial charge is 0.359 e.